The maximum Gasteiger partial charge on any atom is 0.315 e. The standard InChI is InChI=1S/C25H42N4O5/c1-16-5-3-4-6-21(16)28-25(34)27-20-9-7-18(8-10-20)15-29-12-11-19(24(29)33)14-22(30)26-17(2)13-23(31)32/h16-21H,3-15H2,1-2H3,(H,26,30)(H,31,32)(H2,27,28,34)/t16?,17-,18?,19?,20?,21?/m1/s1. The van der Waals surface area contributed by atoms with Gasteiger partial charge in [-0.2, -0.15) is 0 Å². The minimum absolute atomic E-state index is 0.0299. The van der Waals surface area contributed by atoms with Crippen LogP contribution in [0, 0.1) is 17.8 Å². The number of hydrogen-bond donors (Lipinski definition) is 4. The van der Waals surface area contributed by atoms with Crippen LogP contribution < -0.4 is 16.0 Å². The van der Waals surface area contributed by atoms with Crippen LogP contribution in [0.15, 0.2) is 0 Å². The second-order valence-electron chi connectivity index (χ2n) is 10.7. The quantitative estimate of drug-likeness (QED) is 0.405. The molecule has 0 radical (unpaired) electrons. The Labute approximate surface area is 202 Å². The third kappa shape index (κ3) is 7.87. The molecule has 2 saturated carbocycles. The Morgan fingerprint density at radius 3 is 2.41 bits per heavy atom. The highest BCUT2D eigenvalue weighted by Gasteiger charge is 2.35. The number of amides is 4. The van der Waals surface area contributed by atoms with E-state index in [2.05, 4.69) is 22.9 Å². The molecule has 1 aliphatic heterocycles. The van der Waals surface area contributed by atoms with Gasteiger partial charge in [0.25, 0.3) is 0 Å². The summed E-state index contributed by atoms with van der Waals surface area (Å²) < 4.78 is 0. The van der Waals surface area contributed by atoms with Crippen LogP contribution in [0.2, 0.25) is 0 Å². The molecule has 3 fully saturated rings. The highest BCUT2D eigenvalue weighted by atomic mass is 16.4. The number of carbonyl (C=O) groups is 4. The minimum Gasteiger partial charge on any atom is -0.481 e. The number of hydrogen-bond acceptors (Lipinski definition) is 4. The van der Waals surface area contributed by atoms with Crippen molar-refractivity contribution in [3.05, 3.63) is 0 Å². The molecule has 3 unspecified atom stereocenters. The first-order valence-corrected chi connectivity index (χ1v) is 13.1. The van der Waals surface area contributed by atoms with Crippen molar-refractivity contribution in [3.8, 4) is 0 Å². The van der Waals surface area contributed by atoms with E-state index in [0.29, 0.717) is 31.3 Å². The summed E-state index contributed by atoms with van der Waals surface area (Å²) >= 11 is 0. The van der Waals surface area contributed by atoms with Gasteiger partial charge >= 0.3 is 12.0 Å². The molecule has 4 N–H and O–H groups in total. The number of carbonyl (C=O) groups excluding carboxylic acids is 3. The van der Waals surface area contributed by atoms with Crippen LogP contribution in [0.4, 0.5) is 4.79 Å². The van der Waals surface area contributed by atoms with Crippen molar-refractivity contribution in [2.45, 2.75) is 103 Å². The zero-order valence-electron chi connectivity index (χ0n) is 20.7. The first-order chi connectivity index (χ1) is 16.2. The lowest BCUT2D eigenvalue weighted by Gasteiger charge is -2.33. The molecule has 0 aromatic heterocycles. The molecule has 0 spiro atoms. The molecular weight excluding hydrogens is 436 g/mol. The Balaban J connectivity index is 1.34. The molecule has 3 rings (SSSR count). The van der Waals surface area contributed by atoms with Crippen LogP contribution >= 0.6 is 0 Å². The van der Waals surface area contributed by atoms with Gasteiger partial charge in [0, 0.05) is 43.6 Å². The van der Waals surface area contributed by atoms with Gasteiger partial charge in [-0.3, -0.25) is 14.4 Å². The lowest BCUT2D eigenvalue weighted by atomic mass is 9.85. The van der Waals surface area contributed by atoms with Crippen molar-refractivity contribution < 1.29 is 24.3 Å². The summed E-state index contributed by atoms with van der Waals surface area (Å²) in [6.07, 6.45) is 9.14. The summed E-state index contributed by atoms with van der Waals surface area (Å²) in [6.45, 7) is 5.25. The third-order valence-corrected chi connectivity index (χ3v) is 7.82. The average molecular weight is 479 g/mol. The van der Waals surface area contributed by atoms with Crippen molar-refractivity contribution in [2.75, 3.05) is 13.1 Å². The molecule has 34 heavy (non-hydrogen) atoms. The van der Waals surface area contributed by atoms with E-state index in [1.807, 2.05) is 4.90 Å². The molecule has 3 aliphatic rings. The Morgan fingerprint density at radius 1 is 1.03 bits per heavy atom. The van der Waals surface area contributed by atoms with Gasteiger partial charge in [-0.1, -0.05) is 19.8 Å². The van der Waals surface area contributed by atoms with Gasteiger partial charge in [0.05, 0.1) is 6.42 Å². The number of likely N-dealkylation sites (tertiary alicyclic amines) is 1. The van der Waals surface area contributed by atoms with Crippen molar-refractivity contribution in [1.29, 1.82) is 0 Å². The number of carboxylic acid groups (broad SMARTS) is 1. The first kappa shape index (κ1) is 26.3. The highest BCUT2D eigenvalue weighted by molar-refractivity contribution is 5.87. The van der Waals surface area contributed by atoms with E-state index in [4.69, 9.17) is 5.11 Å². The Hall–Kier alpha value is -2.32. The second kappa shape index (κ2) is 12.4. The van der Waals surface area contributed by atoms with Gasteiger partial charge in [0.1, 0.15) is 0 Å². The zero-order valence-corrected chi connectivity index (χ0v) is 20.7. The maximum absolute atomic E-state index is 12.8. The van der Waals surface area contributed by atoms with Gasteiger partial charge in [-0.15, -0.1) is 0 Å². The maximum atomic E-state index is 12.8. The van der Waals surface area contributed by atoms with E-state index in [0.717, 1.165) is 32.1 Å². The summed E-state index contributed by atoms with van der Waals surface area (Å²) in [5.74, 6) is -0.548. The van der Waals surface area contributed by atoms with E-state index < -0.39 is 12.0 Å². The van der Waals surface area contributed by atoms with Crippen molar-refractivity contribution >= 4 is 23.8 Å². The van der Waals surface area contributed by atoms with Crippen LogP contribution in [0.1, 0.15) is 84.5 Å². The number of rotatable bonds is 9. The van der Waals surface area contributed by atoms with Crippen molar-refractivity contribution in [3.63, 3.8) is 0 Å². The monoisotopic (exact) mass is 478 g/mol. The van der Waals surface area contributed by atoms with Crippen LogP contribution in [0.5, 0.6) is 0 Å². The fourth-order valence-corrected chi connectivity index (χ4v) is 5.77. The number of nitrogens with one attached hydrogen (secondary N) is 3. The Bertz CT molecular complexity index is 737. The van der Waals surface area contributed by atoms with Gasteiger partial charge in [-0.05, 0) is 63.7 Å². The first-order valence-electron chi connectivity index (χ1n) is 13.1. The van der Waals surface area contributed by atoms with Crippen molar-refractivity contribution in [2.24, 2.45) is 17.8 Å². The number of urea groups is 1. The van der Waals surface area contributed by atoms with Gasteiger partial charge in [0.2, 0.25) is 11.8 Å². The zero-order chi connectivity index (χ0) is 24.7. The SMILES string of the molecule is CC1CCCCC1NC(=O)NC1CCC(CN2CCC(CC(=O)N[C@H](C)CC(=O)O)C2=O)CC1. The highest BCUT2D eigenvalue weighted by Crippen LogP contribution is 2.29. The lowest BCUT2D eigenvalue weighted by molar-refractivity contribution is -0.138. The number of carboxylic acids is 1. The molecule has 4 atom stereocenters. The van der Waals surface area contributed by atoms with E-state index >= 15 is 0 Å². The van der Waals surface area contributed by atoms with E-state index in [1.165, 1.54) is 19.3 Å². The molecule has 1 saturated heterocycles. The summed E-state index contributed by atoms with van der Waals surface area (Å²) in [5.41, 5.74) is 0. The predicted molar refractivity (Wildman–Crippen MR) is 128 cm³/mol. The molecule has 0 bridgehead atoms. The number of aliphatic carboxylic acids is 1. The van der Waals surface area contributed by atoms with Crippen LogP contribution in [-0.4, -0.2) is 65.0 Å². The second-order valence-corrected chi connectivity index (χ2v) is 10.7. The minimum atomic E-state index is -0.958. The van der Waals surface area contributed by atoms with Gasteiger partial charge in [0.15, 0.2) is 0 Å². The fourth-order valence-electron chi connectivity index (χ4n) is 5.77. The molecule has 9 nitrogen and oxygen atoms in total. The van der Waals surface area contributed by atoms with Crippen LogP contribution in [0.25, 0.3) is 0 Å². The van der Waals surface area contributed by atoms with Crippen LogP contribution in [0.3, 0.4) is 0 Å². The van der Waals surface area contributed by atoms with E-state index in [-0.39, 0.29) is 48.7 Å². The smallest absolute Gasteiger partial charge is 0.315 e. The van der Waals surface area contributed by atoms with E-state index in [1.54, 1.807) is 6.92 Å². The summed E-state index contributed by atoms with van der Waals surface area (Å²) in [4.78, 5) is 50.0. The molecule has 2 aliphatic carbocycles. The van der Waals surface area contributed by atoms with Crippen LogP contribution in [-0.2, 0) is 14.4 Å². The third-order valence-electron chi connectivity index (χ3n) is 7.82. The lowest BCUT2D eigenvalue weighted by Crippen LogP contribution is -2.50. The molecule has 9 heteroatoms. The summed E-state index contributed by atoms with van der Waals surface area (Å²) in [7, 11) is 0. The number of nitrogens with zero attached hydrogens (tertiary/aromatic N) is 1. The molecule has 0 aromatic carbocycles. The summed E-state index contributed by atoms with van der Waals surface area (Å²) in [6, 6.07) is -0.0272. The van der Waals surface area contributed by atoms with Crippen molar-refractivity contribution in [1.82, 2.24) is 20.9 Å². The predicted octanol–water partition coefficient (Wildman–Crippen LogP) is 2.64. The Morgan fingerprint density at radius 2 is 1.74 bits per heavy atom. The average Bonchev–Trinajstić information content (AvgIpc) is 3.09. The fraction of sp³-hybridized carbons (Fsp3) is 0.840. The molecule has 192 valence electrons. The summed E-state index contributed by atoms with van der Waals surface area (Å²) in [5, 5.41) is 17.8. The largest absolute Gasteiger partial charge is 0.481 e. The molecule has 1 heterocycles. The van der Waals surface area contributed by atoms with Gasteiger partial charge < -0.3 is 26.0 Å². The Kier molecular flexibility index (Phi) is 9.59. The molecule has 0 aromatic rings. The molecule has 4 amide bonds. The van der Waals surface area contributed by atoms with E-state index in [9.17, 15) is 19.2 Å². The topological polar surface area (TPSA) is 128 Å². The molecular formula is C25H42N4O5. The van der Waals surface area contributed by atoms with Gasteiger partial charge in [-0.25, -0.2) is 4.79 Å². The normalized spacial score (nSPS) is 30.5.